The van der Waals surface area contributed by atoms with Gasteiger partial charge in [-0.3, -0.25) is 9.36 Å². The number of benzene rings is 2. The normalized spacial score (nSPS) is 10.9. The monoisotopic (exact) mass is 312 g/mol. The predicted octanol–water partition coefficient (Wildman–Crippen LogP) is 4.36. The van der Waals surface area contributed by atoms with Crippen LogP contribution in [0.1, 0.15) is 5.56 Å². The second kappa shape index (κ2) is 5.78. The van der Waals surface area contributed by atoms with Crippen molar-refractivity contribution in [2.75, 3.05) is 0 Å². The van der Waals surface area contributed by atoms with E-state index in [-0.39, 0.29) is 5.43 Å². The molecule has 0 fully saturated rings. The maximum absolute atomic E-state index is 11.7. The molecule has 116 valence electrons. The minimum atomic E-state index is -0.0234. The van der Waals surface area contributed by atoms with E-state index in [9.17, 15) is 4.79 Å². The second-order valence-corrected chi connectivity index (χ2v) is 5.81. The Labute approximate surface area is 139 Å². The third kappa shape index (κ3) is 2.50. The lowest BCUT2D eigenvalue weighted by Crippen LogP contribution is -1.97. The van der Waals surface area contributed by atoms with Crippen molar-refractivity contribution in [3.05, 3.63) is 94.6 Å². The van der Waals surface area contributed by atoms with Gasteiger partial charge in [0.05, 0.1) is 11.0 Å². The summed E-state index contributed by atoms with van der Waals surface area (Å²) in [5.41, 5.74) is 4.97. The smallest absolute Gasteiger partial charge is 0.178 e. The number of rotatable bonds is 2. The minimum absolute atomic E-state index is 0.0234. The molecule has 3 aromatic carbocycles. The summed E-state index contributed by atoms with van der Waals surface area (Å²) < 4.78 is 2.10. The van der Waals surface area contributed by atoms with Gasteiger partial charge in [0.15, 0.2) is 5.43 Å². The SMILES string of the molecule is Cc1ccc(-n2c(-c3ccccc3)nc3ccc(=O)ccc32)cc1. The van der Waals surface area contributed by atoms with Crippen LogP contribution in [-0.2, 0) is 0 Å². The Bertz CT molecular complexity index is 1060. The van der Waals surface area contributed by atoms with E-state index >= 15 is 0 Å². The highest BCUT2D eigenvalue weighted by Crippen LogP contribution is 2.27. The van der Waals surface area contributed by atoms with Crippen molar-refractivity contribution in [3.8, 4) is 17.1 Å². The standard InChI is InChI=1S/C21H16N2O/c1-15-7-9-17(10-8-15)23-20-14-12-18(24)11-13-19(20)22-21(23)16-5-3-2-4-6-16/h2-14H,1H3. The van der Waals surface area contributed by atoms with Crippen LogP contribution in [0.3, 0.4) is 0 Å². The molecule has 4 rings (SSSR count). The molecule has 0 unspecified atom stereocenters. The molecule has 3 nitrogen and oxygen atoms in total. The molecule has 4 aromatic rings. The second-order valence-electron chi connectivity index (χ2n) is 5.81. The van der Waals surface area contributed by atoms with Crippen molar-refractivity contribution in [2.24, 2.45) is 0 Å². The molecule has 0 bridgehead atoms. The zero-order valence-corrected chi connectivity index (χ0v) is 13.3. The Hall–Kier alpha value is -3.20. The molecule has 0 aliphatic carbocycles. The quantitative estimate of drug-likeness (QED) is 0.551. The number of aromatic nitrogens is 2. The van der Waals surface area contributed by atoms with Crippen molar-refractivity contribution in [1.29, 1.82) is 0 Å². The fourth-order valence-electron chi connectivity index (χ4n) is 2.85. The number of hydrogen-bond donors (Lipinski definition) is 0. The van der Waals surface area contributed by atoms with Gasteiger partial charge in [-0.05, 0) is 43.3 Å². The van der Waals surface area contributed by atoms with Gasteiger partial charge in [-0.2, -0.15) is 0 Å². The van der Waals surface area contributed by atoms with Crippen LogP contribution in [0.15, 0.2) is 83.7 Å². The summed E-state index contributed by atoms with van der Waals surface area (Å²) in [4.78, 5) is 16.5. The summed E-state index contributed by atoms with van der Waals surface area (Å²) in [5.74, 6) is 0.869. The molecule has 0 saturated carbocycles. The topological polar surface area (TPSA) is 34.9 Å². The molecular formula is C21H16N2O. The molecule has 0 aliphatic rings. The molecular weight excluding hydrogens is 296 g/mol. The number of imidazole rings is 1. The average molecular weight is 312 g/mol. The van der Waals surface area contributed by atoms with Gasteiger partial charge in [0, 0.05) is 11.3 Å². The molecule has 3 heteroatoms. The van der Waals surface area contributed by atoms with Crippen molar-refractivity contribution in [2.45, 2.75) is 6.92 Å². The summed E-state index contributed by atoms with van der Waals surface area (Å²) >= 11 is 0. The van der Waals surface area contributed by atoms with E-state index in [4.69, 9.17) is 4.98 Å². The zero-order chi connectivity index (χ0) is 16.5. The highest BCUT2D eigenvalue weighted by molar-refractivity contribution is 5.82. The summed E-state index contributed by atoms with van der Waals surface area (Å²) in [6.07, 6.45) is 0. The van der Waals surface area contributed by atoms with E-state index in [2.05, 4.69) is 35.8 Å². The van der Waals surface area contributed by atoms with Gasteiger partial charge in [0.2, 0.25) is 0 Å². The van der Waals surface area contributed by atoms with E-state index in [0.29, 0.717) is 0 Å². The fraction of sp³-hybridized carbons (Fsp3) is 0.0476. The first-order valence-corrected chi connectivity index (χ1v) is 7.88. The predicted molar refractivity (Wildman–Crippen MR) is 97.5 cm³/mol. The largest absolute Gasteiger partial charge is 0.292 e. The summed E-state index contributed by atoms with van der Waals surface area (Å²) in [7, 11) is 0. The number of fused-ring (bicyclic) bond motifs is 1. The van der Waals surface area contributed by atoms with Crippen LogP contribution >= 0.6 is 0 Å². The van der Waals surface area contributed by atoms with Crippen LogP contribution in [0.2, 0.25) is 0 Å². The molecule has 0 radical (unpaired) electrons. The van der Waals surface area contributed by atoms with Gasteiger partial charge >= 0.3 is 0 Å². The summed E-state index contributed by atoms with van der Waals surface area (Å²) in [6, 6.07) is 25.2. The fourth-order valence-corrected chi connectivity index (χ4v) is 2.85. The Morgan fingerprint density at radius 2 is 1.50 bits per heavy atom. The highest BCUT2D eigenvalue weighted by atomic mass is 16.1. The van der Waals surface area contributed by atoms with Gasteiger partial charge in [0.1, 0.15) is 5.82 Å². The zero-order valence-electron chi connectivity index (χ0n) is 13.3. The third-order valence-electron chi connectivity index (χ3n) is 4.08. The van der Waals surface area contributed by atoms with Gasteiger partial charge in [-0.1, -0.05) is 48.0 Å². The van der Waals surface area contributed by atoms with Crippen LogP contribution < -0.4 is 5.43 Å². The maximum atomic E-state index is 11.7. The molecule has 0 N–H and O–H groups in total. The van der Waals surface area contributed by atoms with Crippen molar-refractivity contribution >= 4 is 11.0 Å². The van der Waals surface area contributed by atoms with Crippen LogP contribution in [0, 0.1) is 6.92 Å². The number of nitrogens with zero attached hydrogens (tertiary/aromatic N) is 2. The molecule has 1 aromatic heterocycles. The Balaban J connectivity index is 2.09. The van der Waals surface area contributed by atoms with Gasteiger partial charge < -0.3 is 0 Å². The highest BCUT2D eigenvalue weighted by Gasteiger charge is 2.13. The molecule has 1 heterocycles. The maximum Gasteiger partial charge on any atom is 0.178 e. The molecule has 0 atom stereocenters. The lowest BCUT2D eigenvalue weighted by molar-refractivity contribution is 1.10. The molecule has 24 heavy (non-hydrogen) atoms. The Kier molecular flexibility index (Phi) is 3.47. The summed E-state index contributed by atoms with van der Waals surface area (Å²) in [5, 5.41) is 0. The van der Waals surface area contributed by atoms with Crippen molar-refractivity contribution in [3.63, 3.8) is 0 Å². The average Bonchev–Trinajstić information content (AvgIpc) is 2.88. The Morgan fingerprint density at radius 1 is 0.792 bits per heavy atom. The molecule has 0 saturated heterocycles. The first-order chi connectivity index (χ1) is 11.7. The van der Waals surface area contributed by atoms with E-state index in [0.717, 1.165) is 28.1 Å². The summed E-state index contributed by atoms with van der Waals surface area (Å²) in [6.45, 7) is 2.07. The van der Waals surface area contributed by atoms with Gasteiger partial charge in [-0.15, -0.1) is 0 Å². The van der Waals surface area contributed by atoms with E-state index < -0.39 is 0 Å². The van der Waals surface area contributed by atoms with Gasteiger partial charge in [0.25, 0.3) is 0 Å². The molecule has 0 amide bonds. The lowest BCUT2D eigenvalue weighted by atomic mass is 10.2. The first-order valence-electron chi connectivity index (χ1n) is 7.88. The Morgan fingerprint density at radius 3 is 2.25 bits per heavy atom. The third-order valence-corrected chi connectivity index (χ3v) is 4.08. The van der Waals surface area contributed by atoms with E-state index in [1.165, 1.54) is 5.56 Å². The van der Waals surface area contributed by atoms with E-state index in [1.54, 1.807) is 18.2 Å². The number of aryl methyl sites for hydroxylation is 1. The van der Waals surface area contributed by atoms with Crippen LogP contribution in [0.25, 0.3) is 28.1 Å². The number of hydrogen-bond acceptors (Lipinski definition) is 2. The van der Waals surface area contributed by atoms with Crippen LogP contribution in [0.5, 0.6) is 0 Å². The van der Waals surface area contributed by atoms with Crippen molar-refractivity contribution < 1.29 is 0 Å². The van der Waals surface area contributed by atoms with Crippen LogP contribution in [0.4, 0.5) is 0 Å². The first kappa shape index (κ1) is 14.4. The molecule has 0 spiro atoms. The lowest BCUT2D eigenvalue weighted by Gasteiger charge is -2.09. The van der Waals surface area contributed by atoms with Gasteiger partial charge in [-0.25, -0.2) is 4.98 Å². The van der Waals surface area contributed by atoms with Crippen molar-refractivity contribution in [1.82, 2.24) is 9.55 Å². The minimum Gasteiger partial charge on any atom is -0.292 e. The molecule has 0 aliphatic heterocycles. The van der Waals surface area contributed by atoms with Crippen LogP contribution in [-0.4, -0.2) is 9.55 Å². The van der Waals surface area contributed by atoms with E-state index in [1.807, 2.05) is 36.4 Å².